The molecule has 5 aromatic rings. The Kier molecular flexibility index (Phi) is 11.9. The molecule has 2 aromatic heterocycles. The van der Waals surface area contributed by atoms with Crippen LogP contribution in [0.4, 0.5) is 0 Å². The molecule has 8 heteroatoms. The molecular formula is C42H48N6O2. The third kappa shape index (κ3) is 8.42. The predicted octanol–water partition coefficient (Wildman–Crippen LogP) is 6.81. The van der Waals surface area contributed by atoms with Gasteiger partial charge in [-0.15, -0.1) is 0 Å². The number of carbonyl (C=O) groups excluding carboxylic acids is 1. The second kappa shape index (κ2) is 17.1. The smallest absolute Gasteiger partial charge is 0.219 e. The van der Waals surface area contributed by atoms with E-state index in [0.29, 0.717) is 25.0 Å². The Hall–Kier alpha value is -4.97. The lowest BCUT2D eigenvalue weighted by Gasteiger charge is -2.27. The lowest BCUT2D eigenvalue weighted by atomic mass is 9.93. The van der Waals surface area contributed by atoms with Crippen LogP contribution in [0.5, 0.6) is 0 Å². The summed E-state index contributed by atoms with van der Waals surface area (Å²) in [6.45, 7) is 2.18. The number of aromatic nitrogens is 3. The number of unbranched alkanes of at least 4 members (excludes halogenated alkanes) is 2. The van der Waals surface area contributed by atoms with Crippen LogP contribution in [-0.2, 0) is 11.3 Å². The molecule has 1 aliphatic rings. The topological polar surface area (TPSA) is 108 Å². The molecule has 0 radical (unpaired) electrons. The van der Waals surface area contributed by atoms with Crippen LogP contribution in [-0.4, -0.2) is 51.4 Å². The summed E-state index contributed by atoms with van der Waals surface area (Å²) < 4.78 is 4.28. The van der Waals surface area contributed by atoms with Gasteiger partial charge < -0.3 is 24.9 Å². The molecule has 8 nitrogen and oxygen atoms in total. The first-order chi connectivity index (χ1) is 24.5. The number of aliphatic hydroxyl groups is 1. The zero-order valence-corrected chi connectivity index (χ0v) is 29.0. The van der Waals surface area contributed by atoms with Gasteiger partial charge in [0.25, 0.3) is 0 Å². The van der Waals surface area contributed by atoms with Crippen LogP contribution in [0.15, 0.2) is 91.3 Å². The molecule has 0 aliphatic heterocycles. The monoisotopic (exact) mass is 668 g/mol. The van der Waals surface area contributed by atoms with Crippen molar-refractivity contribution in [3.63, 3.8) is 0 Å². The Labute approximate surface area is 295 Å². The van der Waals surface area contributed by atoms with Crippen molar-refractivity contribution in [2.45, 2.75) is 76.5 Å². The fraction of sp³-hybridized carbons (Fsp3) is 0.357. The second-order valence-corrected chi connectivity index (χ2v) is 13.2. The Balaban J connectivity index is 1.30. The minimum Gasteiger partial charge on any atom is -0.393 e. The van der Waals surface area contributed by atoms with Gasteiger partial charge in [0.1, 0.15) is 11.1 Å². The van der Waals surface area contributed by atoms with E-state index >= 15 is 0 Å². The molecule has 3 aromatic carbocycles. The lowest BCUT2D eigenvalue weighted by molar-refractivity contribution is -0.121. The van der Waals surface area contributed by atoms with Crippen molar-refractivity contribution in [2.75, 3.05) is 20.1 Å². The van der Waals surface area contributed by atoms with Crippen LogP contribution in [0.25, 0.3) is 33.4 Å². The molecule has 0 bridgehead atoms. The number of fused-ring (bicyclic) bond motifs is 1. The van der Waals surface area contributed by atoms with Crippen LogP contribution < -0.4 is 16.1 Å². The third-order valence-corrected chi connectivity index (χ3v) is 9.59. The quantitative estimate of drug-likeness (QED) is 0.0817. The molecule has 50 heavy (non-hydrogen) atoms. The van der Waals surface area contributed by atoms with Gasteiger partial charge in [-0.3, -0.25) is 10.2 Å². The summed E-state index contributed by atoms with van der Waals surface area (Å²) in [6.07, 6.45) is 8.64. The zero-order valence-electron chi connectivity index (χ0n) is 29.0. The van der Waals surface area contributed by atoms with Gasteiger partial charge >= 0.3 is 0 Å². The standard InChI is InChI=1S/C42H48N6O2/c1-44-26-13-27-45-37(50)21-11-3-2-6-14-31-15-12-16-32(28-31)29-47-40(34-19-9-5-10-20-34)38(33-17-7-4-8-18-33)39-41(43)48(30-46-42(39)47)35-22-24-36(49)25-23-35/h4-5,7-10,12,15-20,28,30,35-36,43-44,49H,2-3,11,13,21-27,29H2,1H3,(H,45,50). The number of benzene rings is 3. The number of nitrogens with zero attached hydrogens (tertiary/aromatic N) is 3. The fourth-order valence-corrected chi connectivity index (χ4v) is 6.99. The van der Waals surface area contributed by atoms with Crippen molar-refractivity contribution in [1.82, 2.24) is 24.8 Å². The van der Waals surface area contributed by atoms with Gasteiger partial charge in [0, 0.05) is 43.1 Å². The van der Waals surface area contributed by atoms with Crippen LogP contribution in [0.1, 0.15) is 75.0 Å². The second-order valence-electron chi connectivity index (χ2n) is 13.2. The maximum atomic E-state index is 12.1. The lowest BCUT2D eigenvalue weighted by Crippen LogP contribution is -2.29. The van der Waals surface area contributed by atoms with Gasteiger partial charge in [0.2, 0.25) is 5.91 Å². The van der Waals surface area contributed by atoms with Gasteiger partial charge in [-0.05, 0) is 87.4 Å². The van der Waals surface area contributed by atoms with Crippen molar-refractivity contribution < 1.29 is 9.90 Å². The highest BCUT2D eigenvalue weighted by Gasteiger charge is 2.26. The SMILES string of the molecule is CNCCCNC(=O)CCCCC#Cc1cccc(Cn2c(-c3ccccc3)c(-c3ccccc3)c3c(=N)n(C4CCC(O)CC4)cnc32)c1. The van der Waals surface area contributed by atoms with Gasteiger partial charge in [-0.25, -0.2) is 4.98 Å². The van der Waals surface area contributed by atoms with E-state index in [1.807, 2.05) is 48.3 Å². The number of nitrogens with one attached hydrogen (secondary N) is 3. The summed E-state index contributed by atoms with van der Waals surface area (Å²) in [7, 11) is 1.92. The Morgan fingerprint density at radius 1 is 0.920 bits per heavy atom. The Bertz CT molecular complexity index is 2000. The largest absolute Gasteiger partial charge is 0.393 e. The van der Waals surface area contributed by atoms with Crippen LogP contribution in [0.2, 0.25) is 0 Å². The summed E-state index contributed by atoms with van der Waals surface area (Å²) in [5.74, 6) is 6.77. The van der Waals surface area contributed by atoms with E-state index in [1.54, 1.807) is 0 Å². The highest BCUT2D eigenvalue weighted by molar-refractivity contribution is 6.02. The van der Waals surface area contributed by atoms with Crippen molar-refractivity contribution in [2.24, 2.45) is 0 Å². The summed E-state index contributed by atoms with van der Waals surface area (Å²) in [5, 5.41) is 26.7. The van der Waals surface area contributed by atoms with Crippen molar-refractivity contribution in [1.29, 1.82) is 5.41 Å². The van der Waals surface area contributed by atoms with Crippen LogP contribution in [0.3, 0.4) is 0 Å². The normalized spacial score (nSPS) is 15.8. The fourth-order valence-electron chi connectivity index (χ4n) is 6.99. The first-order valence-electron chi connectivity index (χ1n) is 18.0. The zero-order chi connectivity index (χ0) is 34.7. The van der Waals surface area contributed by atoms with E-state index in [1.165, 1.54) is 0 Å². The van der Waals surface area contributed by atoms with E-state index in [-0.39, 0.29) is 18.1 Å². The minimum absolute atomic E-state index is 0.111. The molecule has 258 valence electrons. The predicted molar refractivity (Wildman–Crippen MR) is 200 cm³/mol. The average molecular weight is 669 g/mol. The summed E-state index contributed by atoms with van der Waals surface area (Å²) in [6, 6.07) is 29.3. The van der Waals surface area contributed by atoms with E-state index < -0.39 is 0 Å². The molecule has 0 atom stereocenters. The molecule has 1 fully saturated rings. The molecule has 0 spiro atoms. The van der Waals surface area contributed by atoms with Crippen molar-refractivity contribution in [3.8, 4) is 34.2 Å². The maximum Gasteiger partial charge on any atom is 0.219 e. The van der Waals surface area contributed by atoms with Gasteiger partial charge in [0.05, 0.1) is 23.5 Å². The molecule has 0 unspecified atom stereocenters. The summed E-state index contributed by atoms with van der Waals surface area (Å²) in [5.41, 5.74) is 7.46. The summed E-state index contributed by atoms with van der Waals surface area (Å²) in [4.78, 5) is 17.1. The van der Waals surface area contributed by atoms with Gasteiger partial charge in [0.15, 0.2) is 0 Å². The van der Waals surface area contributed by atoms with Crippen LogP contribution in [0, 0.1) is 17.3 Å². The average Bonchev–Trinajstić information content (AvgIpc) is 3.47. The van der Waals surface area contributed by atoms with Gasteiger partial charge in [-0.1, -0.05) is 84.6 Å². The van der Waals surface area contributed by atoms with Gasteiger partial charge in [-0.2, -0.15) is 0 Å². The molecule has 2 heterocycles. The number of carbonyl (C=O) groups is 1. The third-order valence-electron chi connectivity index (χ3n) is 9.59. The first-order valence-corrected chi connectivity index (χ1v) is 18.0. The highest BCUT2D eigenvalue weighted by Crippen LogP contribution is 2.40. The number of rotatable bonds is 13. The first kappa shape index (κ1) is 34.9. The summed E-state index contributed by atoms with van der Waals surface area (Å²) >= 11 is 0. The van der Waals surface area contributed by atoms with Crippen molar-refractivity contribution >= 4 is 16.9 Å². The number of hydrogen-bond donors (Lipinski definition) is 4. The van der Waals surface area contributed by atoms with E-state index in [9.17, 15) is 15.3 Å². The van der Waals surface area contributed by atoms with Crippen molar-refractivity contribution in [3.05, 3.63) is 108 Å². The van der Waals surface area contributed by atoms with E-state index in [0.717, 1.165) is 102 Å². The Morgan fingerprint density at radius 3 is 2.40 bits per heavy atom. The number of aliphatic hydroxyl groups excluding tert-OH is 1. The molecule has 1 saturated carbocycles. The molecule has 0 saturated heterocycles. The molecule has 6 rings (SSSR count). The minimum atomic E-state index is -0.264. The molecule has 1 aliphatic carbocycles. The van der Waals surface area contributed by atoms with E-state index in [4.69, 9.17) is 4.98 Å². The van der Waals surface area contributed by atoms with Crippen LogP contribution >= 0.6 is 0 Å². The molecular weight excluding hydrogens is 621 g/mol. The highest BCUT2D eigenvalue weighted by atomic mass is 16.3. The molecule has 1 amide bonds. The number of amides is 1. The maximum absolute atomic E-state index is 12.1. The number of hydrogen-bond acceptors (Lipinski definition) is 5. The molecule has 4 N–H and O–H groups in total. The van der Waals surface area contributed by atoms with E-state index in [2.05, 4.69) is 81.6 Å². The Morgan fingerprint density at radius 2 is 1.66 bits per heavy atom.